The first-order valence-corrected chi connectivity index (χ1v) is 7.45. The van der Waals surface area contributed by atoms with E-state index in [-0.39, 0.29) is 17.9 Å². The minimum atomic E-state index is -0.311. The summed E-state index contributed by atoms with van der Waals surface area (Å²) in [6.07, 6.45) is 4.41. The zero-order chi connectivity index (χ0) is 16.2. The monoisotopic (exact) mass is 311 g/mol. The number of hydrogen-bond acceptors (Lipinski definition) is 5. The molecule has 1 aliphatic heterocycles. The van der Waals surface area contributed by atoms with Crippen LogP contribution in [0.15, 0.2) is 30.6 Å². The second-order valence-corrected chi connectivity index (χ2v) is 5.45. The lowest BCUT2D eigenvalue weighted by atomic mass is 9.91. The van der Waals surface area contributed by atoms with E-state index in [1.807, 2.05) is 19.2 Å². The van der Waals surface area contributed by atoms with Gasteiger partial charge in [-0.3, -0.25) is 9.48 Å². The van der Waals surface area contributed by atoms with Gasteiger partial charge < -0.3 is 10.1 Å². The Morgan fingerprint density at radius 2 is 2.35 bits per heavy atom. The van der Waals surface area contributed by atoms with Crippen molar-refractivity contribution < 1.29 is 9.53 Å². The van der Waals surface area contributed by atoms with E-state index < -0.39 is 0 Å². The van der Waals surface area contributed by atoms with Gasteiger partial charge in [0.1, 0.15) is 18.0 Å². The van der Waals surface area contributed by atoms with Gasteiger partial charge in [0, 0.05) is 26.0 Å². The highest BCUT2D eigenvalue weighted by molar-refractivity contribution is 5.92. The highest BCUT2D eigenvalue weighted by atomic mass is 16.5. The molecule has 1 saturated heterocycles. The van der Waals surface area contributed by atoms with Gasteiger partial charge >= 0.3 is 0 Å². The number of rotatable bonds is 3. The number of amides is 1. The van der Waals surface area contributed by atoms with Crippen LogP contribution in [0, 0.1) is 17.2 Å². The second kappa shape index (κ2) is 6.58. The molecule has 1 fully saturated rings. The Morgan fingerprint density at radius 3 is 3.00 bits per heavy atom. The highest BCUT2D eigenvalue weighted by Crippen LogP contribution is 2.34. The van der Waals surface area contributed by atoms with Crippen molar-refractivity contribution in [3.05, 3.63) is 41.9 Å². The summed E-state index contributed by atoms with van der Waals surface area (Å²) in [5, 5.41) is 15.7. The van der Waals surface area contributed by atoms with Crippen LogP contribution in [-0.2, 0) is 16.6 Å². The Morgan fingerprint density at radius 1 is 1.48 bits per heavy atom. The molecule has 0 unspecified atom stereocenters. The van der Waals surface area contributed by atoms with Crippen LogP contribution in [0.5, 0.6) is 0 Å². The maximum atomic E-state index is 12.6. The van der Waals surface area contributed by atoms with E-state index >= 15 is 0 Å². The summed E-state index contributed by atoms with van der Waals surface area (Å²) in [6, 6.07) is 7.12. The number of carbonyl (C=O) groups is 1. The lowest BCUT2D eigenvalue weighted by molar-refractivity contribution is -0.129. The van der Waals surface area contributed by atoms with Crippen molar-refractivity contribution in [3.63, 3.8) is 0 Å². The van der Waals surface area contributed by atoms with Crippen LogP contribution in [0.1, 0.15) is 30.2 Å². The zero-order valence-electron chi connectivity index (χ0n) is 12.8. The fourth-order valence-electron chi connectivity index (χ4n) is 2.76. The van der Waals surface area contributed by atoms with Crippen LogP contribution in [0.2, 0.25) is 0 Å². The maximum absolute atomic E-state index is 12.6. The van der Waals surface area contributed by atoms with E-state index in [9.17, 15) is 4.79 Å². The minimum absolute atomic E-state index is 0.131. The molecule has 0 aliphatic carbocycles. The smallest absolute Gasteiger partial charge is 0.231 e. The molecule has 118 valence electrons. The van der Waals surface area contributed by atoms with E-state index in [1.54, 1.807) is 23.0 Å². The average Bonchev–Trinajstić information content (AvgIpc) is 3.01. The van der Waals surface area contributed by atoms with Crippen LogP contribution in [0.25, 0.3) is 0 Å². The molecule has 0 saturated carbocycles. The van der Waals surface area contributed by atoms with E-state index in [2.05, 4.69) is 15.4 Å². The Kier molecular flexibility index (Phi) is 4.35. The van der Waals surface area contributed by atoms with Gasteiger partial charge in [-0.15, -0.1) is 0 Å². The van der Waals surface area contributed by atoms with Crippen molar-refractivity contribution in [1.29, 1.82) is 5.26 Å². The fourth-order valence-corrected chi connectivity index (χ4v) is 2.76. The van der Waals surface area contributed by atoms with Crippen LogP contribution in [0.4, 0.5) is 5.82 Å². The quantitative estimate of drug-likeness (QED) is 0.933. The van der Waals surface area contributed by atoms with Gasteiger partial charge in [0.15, 0.2) is 0 Å². The third-order valence-corrected chi connectivity index (χ3v) is 3.95. The first-order valence-electron chi connectivity index (χ1n) is 7.45. The Labute approximate surface area is 133 Å². The average molecular weight is 311 g/mol. The van der Waals surface area contributed by atoms with Crippen molar-refractivity contribution in [1.82, 2.24) is 14.8 Å². The molecule has 3 rings (SSSR count). The number of anilines is 1. The lowest BCUT2D eigenvalue weighted by Crippen LogP contribution is -2.34. The lowest BCUT2D eigenvalue weighted by Gasteiger charge is -2.30. The first kappa shape index (κ1) is 15.2. The van der Waals surface area contributed by atoms with Crippen LogP contribution in [-0.4, -0.2) is 27.3 Å². The van der Waals surface area contributed by atoms with Crippen molar-refractivity contribution in [2.75, 3.05) is 11.9 Å². The van der Waals surface area contributed by atoms with Gasteiger partial charge in [-0.1, -0.05) is 0 Å². The summed E-state index contributed by atoms with van der Waals surface area (Å²) < 4.78 is 7.56. The number of hydrogen-bond donors (Lipinski definition) is 1. The molecule has 0 spiro atoms. The maximum Gasteiger partial charge on any atom is 0.231 e. The second-order valence-electron chi connectivity index (χ2n) is 5.45. The molecule has 1 N–H and O–H groups in total. The Bertz CT molecular complexity index is 732. The minimum Gasteiger partial charge on any atom is -0.371 e. The summed E-state index contributed by atoms with van der Waals surface area (Å²) in [4.78, 5) is 16.7. The normalized spacial score (nSPS) is 20.7. The number of aromatic nitrogens is 3. The topological polar surface area (TPSA) is 92.8 Å². The van der Waals surface area contributed by atoms with Crippen molar-refractivity contribution in [3.8, 4) is 6.07 Å². The Balaban J connectivity index is 1.76. The largest absolute Gasteiger partial charge is 0.371 e. The van der Waals surface area contributed by atoms with E-state index in [0.29, 0.717) is 18.0 Å². The molecular formula is C16H17N5O2. The predicted octanol–water partition coefficient (Wildman–Crippen LogP) is 1.79. The third kappa shape index (κ3) is 3.22. The summed E-state index contributed by atoms with van der Waals surface area (Å²) in [6.45, 7) is 0.634. The number of pyridine rings is 1. The van der Waals surface area contributed by atoms with E-state index in [1.165, 1.54) is 6.20 Å². The van der Waals surface area contributed by atoms with Crippen molar-refractivity contribution in [2.45, 2.75) is 18.9 Å². The van der Waals surface area contributed by atoms with Gasteiger partial charge in [0.25, 0.3) is 0 Å². The fraction of sp³-hybridized carbons (Fsp3) is 0.375. The number of ether oxygens (including phenoxy) is 1. The molecule has 1 aliphatic rings. The molecule has 7 nitrogen and oxygen atoms in total. The van der Waals surface area contributed by atoms with Gasteiger partial charge in [-0.2, -0.15) is 10.4 Å². The van der Waals surface area contributed by atoms with Crippen molar-refractivity contribution >= 4 is 11.7 Å². The zero-order valence-corrected chi connectivity index (χ0v) is 12.8. The SMILES string of the molecule is Cn1nccc1[C@@H]1OCCC[C@H]1C(=O)Nc1ccc(C#N)cn1. The molecule has 2 aromatic rings. The molecule has 0 aromatic carbocycles. The molecule has 2 aromatic heterocycles. The highest BCUT2D eigenvalue weighted by Gasteiger charge is 2.34. The first-order chi connectivity index (χ1) is 11.2. The van der Waals surface area contributed by atoms with Gasteiger partial charge in [-0.05, 0) is 31.0 Å². The third-order valence-electron chi connectivity index (χ3n) is 3.95. The van der Waals surface area contributed by atoms with Gasteiger partial charge in [0.05, 0.1) is 17.2 Å². The molecule has 3 heterocycles. The number of aryl methyl sites for hydroxylation is 1. The summed E-state index contributed by atoms with van der Waals surface area (Å²) in [7, 11) is 1.84. The van der Waals surface area contributed by atoms with E-state index in [4.69, 9.17) is 10.00 Å². The van der Waals surface area contributed by atoms with Crippen LogP contribution >= 0.6 is 0 Å². The van der Waals surface area contributed by atoms with Crippen molar-refractivity contribution in [2.24, 2.45) is 13.0 Å². The molecule has 0 radical (unpaired) electrons. The summed E-state index contributed by atoms with van der Waals surface area (Å²) in [5.41, 5.74) is 1.34. The molecule has 7 heteroatoms. The molecular weight excluding hydrogens is 294 g/mol. The predicted molar refractivity (Wildman–Crippen MR) is 82.2 cm³/mol. The summed E-state index contributed by atoms with van der Waals surface area (Å²) in [5.74, 6) is 0.00744. The Hall–Kier alpha value is -2.72. The standard InChI is InChI=1S/C16H17N5O2/c1-21-13(6-7-19-21)15-12(3-2-8-23-15)16(22)20-14-5-4-11(9-17)10-18-14/h4-7,10,12,15H,2-3,8H2,1H3,(H,18,20,22)/t12-,15-/m1/s1. The van der Waals surface area contributed by atoms with Crippen LogP contribution < -0.4 is 5.32 Å². The number of carbonyl (C=O) groups excluding carboxylic acids is 1. The molecule has 1 amide bonds. The molecule has 23 heavy (non-hydrogen) atoms. The number of nitriles is 1. The number of nitrogens with zero attached hydrogens (tertiary/aromatic N) is 4. The van der Waals surface area contributed by atoms with Crippen LogP contribution in [0.3, 0.4) is 0 Å². The van der Waals surface area contributed by atoms with E-state index in [0.717, 1.165) is 18.5 Å². The van der Waals surface area contributed by atoms with Gasteiger partial charge in [-0.25, -0.2) is 4.98 Å². The van der Waals surface area contributed by atoms with Gasteiger partial charge in [0.2, 0.25) is 5.91 Å². The molecule has 0 bridgehead atoms. The summed E-state index contributed by atoms with van der Waals surface area (Å²) >= 11 is 0. The number of nitrogens with one attached hydrogen (secondary N) is 1. The molecule has 2 atom stereocenters.